The molecule has 0 aliphatic heterocycles. The fourth-order valence-electron chi connectivity index (χ4n) is 2.34. The van der Waals surface area contributed by atoms with Crippen molar-refractivity contribution >= 4 is 17.2 Å². The molecule has 0 spiro atoms. The molecule has 0 bridgehead atoms. The Morgan fingerprint density at radius 2 is 1.77 bits per heavy atom. The molecule has 3 rings (SSSR count). The van der Waals surface area contributed by atoms with Gasteiger partial charge in [-0.3, -0.25) is 4.79 Å². The molecule has 0 saturated heterocycles. The van der Waals surface area contributed by atoms with Crippen LogP contribution in [0.5, 0.6) is 11.5 Å². The minimum absolute atomic E-state index is 0.122. The summed E-state index contributed by atoms with van der Waals surface area (Å²) < 4.78 is 10.8. The maximum atomic E-state index is 12.2. The minimum atomic E-state index is -0.122. The van der Waals surface area contributed by atoms with E-state index >= 15 is 0 Å². The molecule has 6 heteroatoms. The monoisotopic (exact) mass is 368 g/mol. The normalized spacial score (nSPS) is 10.4. The molecule has 0 radical (unpaired) electrons. The molecule has 0 fully saturated rings. The van der Waals surface area contributed by atoms with Crippen molar-refractivity contribution in [2.24, 2.45) is 0 Å². The molecular formula is C20H20N2O3S. The summed E-state index contributed by atoms with van der Waals surface area (Å²) in [4.78, 5) is 16.6. The molecule has 0 aliphatic carbocycles. The largest absolute Gasteiger partial charge is 0.497 e. The summed E-state index contributed by atoms with van der Waals surface area (Å²) in [5.41, 5.74) is 2.60. The summed E-state index contributed by atoms with van der Waals surface area (Å²) in [5, 5.41) is 5.83. The number of thiazole rings is 1. The minimum Gasteiger partial charge on any atom is -0.497 e. The van der Waals surface area contributed by atoms with Crippen molar-refractivity contribution in [2.45, 2.75) is 20.1 Å². The number of carbonyl (C=O) groups is 1. The number of hydrogen-bond donors (Lipinski definition) is 1. The van der Waals surface area contributed by atoms with Crippen LogP contribution in [0.4, 0.5) is 0 Å². The topological polar surface area (TPSA) is 60.5 Å². The Kier molecular flexibility index (Phi) is 5.86. The van der Waals surface area contributed by atoms with Crippen molar-refractivity contribution in [3.63, 3.8) is 0 Å². The van der Waals surface area contributed by atoms with Gasteiger partial charge in [0.1, 0.15) is 23.1 Å². The average molecular weight is 368 g/mol. The summed E-state index contributed by atoms with van der Waals surface area (Å²) in [7, 11) is 1.63. The van der Waals surface area contributed by atoms with Gasteiger partial charge in [-0.15, -0.1) is 11.3 Å². The first-order valence-corrected chi connectivity index (χ1v) is 9.07. The van der Waals surface area contributed by atoms with Crippen LogP contribution in [0, 0.1) is 6.92 Å². The fraction of sp³-hybridized carbons (Fsp3) is 0.200. The number of rotatable bonds is 7. The smallest absolute Gasteiger partial charge is 0.251 e. The van der Waals surface area contributed by atoms with Crippen LogP contribution in [-0.4, -0.2) is 18.0 Å². The lowest BCUT2D eigenvalue weighted by atomic mass is 10.2. The molecule has 1 N–H and O–H groups in total. The van der Waals surface area contributed by atoms with Gasteiger partial charge in [-0.25, -0.2) is 4.98 Å². The van der Waals surface area contributed by atoms with Gasteiger partial charge in [-0.1, -0.05) is 12.1 Å². The van der Waals surface area contributed by atoms with E-state index in [0.717, 1.165) is 22.0 Å². The van der Waals surface area contributed by atoms with E-state index in [2.05, 4.69) is 10.3 Å². The van der Waals surface area contributed by atoms with E-state index < -0.39 is 0 Å². The van der Waals surface area contributed by atoms with Gasteiger partial charge in [0.15, 0.2) is 0 Å². The van der Waals surface area contributed by atoms with Gasteiger partial charge in [0.2, 0.25) is 0 Å². The number of ether oxygens (including phenoxy) is 2. The number of methoxy groups -OCH3 is 1. The lowest BCUT2D eigenvalue weighted by Crippen LogP contribution is -2.22. The molecule has 0 atom stereocenters. The fourth-order valence-corrected chi connectivity index (χ4v) is 3.03. The van der Waals surface area contributed by atoms with E-state index in [-0.39, 0.29) is 5.91 Å². The highest BCUT2D eigenvalue weighted by molar-refractivity contribution is 7.09. The highest BCUT2D eigenvalue weighted by Gasteiger charge is 2.06. The Morgan fingerprint density at radius 1 is 1.08 bits per heavy atom. The van der Waals surface area contributed by atoms with Crippen LogP contribution < -0.4 is 14.8 Å². The van der Waals surface area contributed by atoms with E-state index in [4.69, 9.17) is 9.47 Å². The Morgan fingerprint density at radius 3 is 2.38 bits per heavy atom. The van der Waals surface area contributed by atoms with Gasteiger partial charge in [-0.2, -0.15) is 0 Å². The first-order valence-electron chi connectivity index (χ1n) is 8.19. The summed E-state index contributed by atoms with van der Waals surface area (Å²) in [5.74, 6) is 1.39. The van der Waals surface area contributed by atoms with Gasteiger partial charge >= 0.3 is 0 Å². The van der Waals surface area contributed by atoms with Crippen LogP contribution in [0.1, 0.15) is 26.6 Å². The second-order valence-corrected chi connectivity index (χ2v) is 6.67. The number of hydrogen-bond acceptors (Lipinski definition) is 5. The lowest BCUT2D eigenvalue weighted by Gasteiger charge is -2.08. The molecule has 134 valence electrons. The van der Waals surface area contributed by atoms with Gasteiger partial charge in [0.25, 0.3) is 5.91 Å². The highest BCUT2D eigenvalue weighted by Crippen LogP contribution is 2.16. The number of amides is 1. The standard InChI is InChI=1S/C20H20N2O3S/c1-14-13-26-19(22-14)12-25-18-9-5-16(6-10-18)20(23)21-11-15-3-7-17(24-2)8-4-15/h3-10,13H,11-12H2,1-2H3,(H,21,23). The van der Waals surface area contributed by atoms with Crippen molar-refractivity contribution in [3.8, 4) is 11.5 Å². The average Bonchev–Trinajstić information content (AvgIpc) is 3.10. The summed E-state index contributed by atoms with van der Waals surface area (Å²) in [6, 6.07) is 14.7. The molecule has 0 saturated carbocycles. The van der Waals surface area contributed by atoms with E-state index in [1.54, 1.807) is 42.7 Å². The van der Waals surface area contributed by atoms with Crippen LogP contribution >= 0.6 is 11.3 Å². The Balaban J connectivity index is 1.51. The number of nitrogens with one attached hydrogen (secondary N) is 1. The molecule has 0 aliphatic rings. The highest BCUT2D eigenvalue weighted by atomic mass is 32.1. The zero-order valence-corrected chi connectivity index (χ0v) is 15.5. The molecule has 1 heterocycles. The number of aryl methyl sites for hydroxylation is 1. The Labute approximate surface area is 156 Å². The van der Waals surface area contributed by atoms with Gasteiger partial charge in [0.05, 0.1) is 7.11 Å². The third-order valence-electron chi connectivity index (χ3n) is 3.76. The molecule has 1 amide bonds. The Bertz CT molecular complexity index is 858. The predicted molar refractivity (Wildman–Crippen MR) is 102 cm³/mol. The van der Waals surface area contributed by atoms with Gasteiger partial charge in [0, 0.05) is 23.2 Å². The predicted octanol–water partition coefficient (Wildman–Crippen LogP) is 3.97. The Hall–Kier alpha value is -2.86. The maximum absolute atomic E-state index is 12.2. The van der Waals surface area contributed by atoms with Gasteiger partial charge in [-0.05, 0) is 48.9 Å². The van der Waals surface area contributed by atoms with Gasteiger partial charge < -0.3 is 14.8 Å². The number of aromatic nitrogens is 1. The quantitative estimate of drug-likeness (QED) is 0.685. The zero-order valence-electron chi connectivity index (χ0n) is 14.7. The van der Waals surface area contributed by atoms with Crippen molar-refractivity contribution in [2.75, 3.05) is 7.11 Å². The zero-order chi connectivity index (χ0) is 18.4. The number of benzene rings is 2. The van der Waals surface area contributed by atoms with Crippen LogP contribution in [0.3, 0.4) is 0 Å². The molecule has 26 heavy (non-hydrogen) atoms. The van der Waals surface area contributed by atoms with Crippen molar-refractivity contribution in [1.82, 2.24) is 10.3 Å². The van der Waals surface area contributed by atoms with E-state index in [0.29, 0.717) is 24.5 Å². The van der Waals surface area contributed by atoms with Crippen molar-refractivity contribution in [1.29, 1.82) is 0 Å². The number of carbonyl (C=O) groups excluding carboxylic acids is 1. The van der Waals surface area contributed by atoms with Crippen molar-refractivity contribution in [3.05, 3.63) is 75.7 Å². The third-order valence-corrected chi connectivity index (χ3v) is 4.70. The van der Waals surface area contributed by atoms with Crippen LogP contribution in [0.15, 0.2) is 53.9 Å². The SMILES string of the molecule is COc1ccc(CNC(=O)c2ccc(OCc3nc(C)cs3)cc2)cc1. The molecular weight excluding hydrogens is 348 g/mol. The number of nitrogens with zero attached hydrogens (tertiary/aromatic N) is 1. The van der Waals surface area contributed by atoms with E-state index in [1.165, 1.54) is 0 Å². The maximum Gasteiger partial charge on any atom is 0.251 e. The molecule has 2 aromatic carbocycles. The second kappa shape index (κ2) is 8.49. The summed E-state index contributed by atoms with van der Waals surface area (Å²) >= 11 is 1.58. The first-order chi connectivity index (χ1) is 12.6. The van der Waals surface area contributed by atoms with Crippen LogP contribution in [0.25, 0.3) is 0 Å². The first kappa shape index (κ1) is 17.9. The summed E-state index contributed by atoms with van der Waals surface area (Å²) in [6.45, 7) is 2.85. The second-order valence-electron chi connectivity index (χ2n) is 5.73. The lowest BCUT2D eigenvalue weighted by molar-refractivity contribution is 0.0951. The van der Waals surface area contributed by atoms with E-state index in [1.807, 2.05) is 36.6 Å². The van der Waals surface area contributed by atoms with Crippen LogP contribution in [0.2, 0.25) is 0 Å². The van der Waals surface area contributed by atoms with Crippen molar-refractivity contribution < 1.29 is 14.3 Å². The third kappa shape index (κ3) is 4.83. The summed E-state index contributed by atoms with van der Waals surface area (Å²) in [6.07, 6.45) is 0. The van der Waals surface area contributed by atoms with Crippen LogP contribution in [-0.2, 0) is 13.2 Å². The van der Waals surface area contributed by atoms with E-state index in [9.17, 15) is 4.79 Å². The molecule has 3 aromatic rings. The molecule has 5 nitrogen and oxygen atoms in total. The molecule has 0 unspecified atom stereocenters. The molecule has 1 aromatic heterocycles.